The lowest BCUT2D eigenvalue weighted by atomic mass is 10.1. The second-order valence-corrected chi connectivity index (χ2v) is 4.12. The number of benzene rings is 1. The van der Waals surface area contributed by atoms with Crippen LogP contribution in [0.25, 0.3) is 10.9 Å². The molecule has 2 rings (SSSR count). The smallest absolute Gasteiger partial charge is 0.132 e. The molecule has 1 aromatic carbocycles. The van der Waals surface area contributed by atoms with E-state index in [0.29, 0.717) is 6.54 Å². The van der Waals surface area contributed by atoms with Crippen LogP contribution in [0.15, 0.2) is 30.3 Å². The maximum absolute atomic E-state index is 9.06. The summed E-state index contributed by atoms with van der Waals surface area (Å²) in [5.74, 6) is 0.972. The molecule has 3 nitrogen and oxygen atoms in total. The molecule has 0 saturated heterocycles. The van der Waals surface area contributed by atoms with Gasteiger partial charge in [-0.05, 0) is 31.5 Å². The highest BCUT2D eigenvalue weighted by molar-refractivity contribution is 5.81. The zero-order valence-electron chi connectivity index (χ0n) is 10.3. The third-order valence-electron chi connectivity index (χ3n) is 2.94. The van der Waals surface area contributed by atoms with E-state index in [9.17, 15) is 0 Å². The van der Waals surface area contributed by atoms with Gasteiger partial charge in [-0.1, -0.05) is 18.2 Å². The second-order valence-electron chi connectivity index (χ2n) is 4.12. The van der Waals surface area contributed by atoms with Gasteiger partial charge in [-0.3, -0.25) is 0 Å². The van der Waals surface area contributed by atoms with Crippen LogP contribution in [0.3, 0.4) is 0 Å². The summed E-state index contributed by atoms with van der Waals surface area (Å²) < 4.78 is 0. The number of fused-ring (bicyclic) bond motifs is 1. The second kappa shape index (κ2) is 5.15. The summed E-state index contributed by atoms with van der Waals surface area (Å²) in [5, 5.41) is 10.2. The first-order chi connectivity index (χ1) is 8.26. The van der Waals surface area contributed by atoms with Crippen LogP contribution in [0.2, 0.25) is 0 Å². The van der Waals surface area contributed by atoms with Gasteiger partial charge in [0.1, 0.15) is 5.82 Å². The summed E-state index contributed by atoms with van der Waals surface area (Å²) in [6.07, 6.45) is 0. The third-order valence-corrected chi connectivity index (χ3v) is 2.94. The van der Waals surface area contributed by atoms with Gasteiger partial charge < -0.3 is 10.0 Å². The molecule has 0 radical (unpaired) electrons. The lowest BCUT2D eigenvalue weighted by Gasteiger charge is -2.23. The van der Waals surface area contributed by atoms with Gasteiger partial charge >= 0.3 is 0 Å². The van der Waals surface area contributed by atoms with E-state index in [1.54, 1.807) is 0 Å². The number of aliphatic hydroxyl groups is 1. The number of nitrogens with zero attached hydrogens (tertiary/aromatic N) is 2. The Bertz CT molecular complexity index is 511. The predicted octanol–water partition coefficient (Wildman–Crippen LogP) is 2.36. The zero-order valence-corrected chi connectivity index (χ0v) is 10.3. The van der Waals surface area contributed by atoms with Gasteiger partial charge in [0.05, 0.1) is 12.1 Å². The molecule has 17 heavy (non-hydrogen) atoms. The Morgan fingerprint density at radius 3 is 2.76 bits per heavy atom. The van der Waals surface area contributed by atoms with E-state index in [4.69, 9.17) is 5.11 Å². The Morgan fingerprint density at radius 1 is 1.29 bits per heavy atom. The van der Waals surface area contributed by atoms with E-state index < -0.39 is 0 Å². The Labute approximate surface area is 102 Å². The first-order valence-corrected chi connectivity index (χ1v) is 5.98. The number of pyridine rings is 1. The molecule has 1 N–H and O–H groups in total. The van der Waals surface area contributed by atoms with Crippen molar-refractivity contribution in [3.63, 3.8) is 0 Å². The number of hydrogen-bond donors (Lipinski definition) is 1. The van der Waals surface area contributed by atoms with Crippen LogP contribution < -0.4 is 4.90 Å². The fourth-order valence-electron chi connectivity index (χ4n) is 2.07. The molecule has 0 unspecified atom stereocenters. The largest absolute Gasteiger partial charge is 0.395 e. The van der Waals surface area contributed by atoms with Crippen LogP contribution in [0.5, 0.6) is 0 Å². The molecule has 0 fully saturated rings. The topological polar surface area (TPSA) is 36.4 Å². The molecule has 1 aromatic heterocycles. The van der Waals surface area contributed by atoms with Crippen LogP contribution in [-0.2, 0) is 0 Å². The normalized spacial score (nSPS) is 10.8. The van der Waals surface area contributed by atoms with Gasteiger partial charge in [0, 0.05) is 18.5 Å². The van der Waals surface area contributed by atoms with E-state index in [1.807, 2.05) is 18.2 Å². The van der Waals surface area contributed by atoms with Crippen molar-refractivity contribution in [2.45, 2.75) is 13.8 Å². The number of aryl methyl sites for hydroxylation is 1. The van der Waals surface area contributed by atoms with Gasteiger partial charge in [-0.25, -0.2) is 4.98 Å². The summed E-state index contributed by atoms with van der Waals surface area (Å²) >= 11 is 0. The SMILES string of the molecule is CCN(CCO)c1nc2ccccc2cc1C. The minimum absolute atomic E-state index is 0.155. The van der Waals surface area contributed by atoms with Gasteiger partial charge in [0.25, 0.3) is 0 Å². The molecule has 1 heterocycles. The maximum atomic E-state index is 9.06. The summed E-state index contributed by atoms with van der Waals surface area (Å²) in [5.41, 5.74) is 2.16. The van der Waals surface area contributed by atoms with Gasteiger partial charge in [0.15, 0.2) is 0 Å². The first kappa shape index (κ1) is 11.9. The van der Waals surface area contributed by atoms with E-state index >= 15 is 0 Å². The molecule has 0 aliphatic carbocycles. The third kappa shape index (κ3) is 2.39. The van der Waals surface area contributed by atoms with Crippen LogP contribution in [-0.4, -0.2) is 29.8 Å². The highest BCUT2D eigenvalue weighted by Gasteiger charge is 2.09. The van der Waals surface area contributed by atoms with E-state index in [-0.39, 0.29) is 6.61 Å². The number of aromatic nitrogens is 1. The lowest BCUT2D eigenvalue weighted by molar-refractivity contribution is 0.302. The molecule has 90 valence electrons. The van der Waals surface area contributed by atoms with E-state index in [2.05, 4.69) is 35.9 Å². The van der Waals surface area contributed by atoms with Crippen LogP contribution in [0.4, 0.5) is 5.82 Å². The standard InChI is InChI=1S/C14H18N2O/c1-3-16(8-9-17)14-11(2)10-12-6-4-5-7-13(12)15-14/h4-7,10,17H,3,8-9H2,1-2H3. The fourth-order valence-corrected chi connectivity index (χ4v) is 2.07. The van der Waals surface area contributed by atoms with Crippen LogP contribution in [0, 0.1) is 6.92 Å². The van der Waals surface area contributed by atoms with Crippen molar-refractivity contribution in [3.8, 4) is 0 Å². The highest BCUT2D eigenvalue weighted by Crippen LogP contribution is 2.22. The first-order valence-electron chi connectivity index (χ1n) is 5.98. The number of rotatable bonds is 4. The minimum Gasteiger partial charge on any atom is -0.395 e. The molecular formula is C14H18N2O. The van der Waals surface area contributed by atoms with Crippen molar-refractivity contribution in [2.75, 3.05) is 24.6 Å². The average molecular weight is 230 g/mol. The zero-order chi connectivity index (χ0) is 12.3. The van der Waals surface area contributed by atoms with Gasteiger partial charge in [0.2, 0.25) is 0 Å². The molecule has 0 atom stereocenters. The van der Waals surface area contributed by atoms with Crippen LogP contribution >= 0.6 is 0 Å². The van der Waals surface area contributed by atoms with Crippen molar-refractivity contribution in [1.82, 2.24) is 4.98 Å². The number of anilines is 1. The molecule has 0 aliphatic heterocycles. The summed E-state index contributed by atoms with van der Waals surface area (Å²) in [7, 11) is 0. The fraction of sp³-hybridized carbons (Fsp3) is 0.357. The molecule has 0 spiro atoms. The molecule has 0 amide bonds. The summed E-state index contributed by atoms with van der Waals surface area (Å²) in [4.78, 5) is 6.78. The Kier molecular flexibility index (Phi) is 3.59. The molecule has 0 saturated carbocycles. The summed E-state index contributed by atoms with van der Waals surface area (Å²) in [6.45, 7) is 5.78. The van der Waals surface area contributed by atoms with E-state index in [0.717, 1.165) is 28.8 Å². The number of likely N-dealkylation sites (N-methyl/N-ethyl adjacent to an activating group) is 1. The van der Waals surface area contributed by atoms with Crippen LogP contribution in [0.1, 0.15) is 12.5 Å². The monoisotopic (exact) mass is 230 g/mol. The van der Waals surface area contributed by atoms with Gasteiger partial charge in [-0.2, -0.15) is 0 Å². The predicted molar refractivity (Wildman–Crippen MR) is 71.5 cm³/mol. The van der Waals surface area contributed by atoms with Gasteiger partial charge in [-0.15, -0.1) is 0 Å². The Morgan fingerprint density at radius 2 is 2.06 bits per heavy atom. The maximum Gasteiger partial charge on any atom is 0.132 e. The molecule has 0 bridgehead atoms. The Balaban J connectivity index is 2.49. The number of para-hydroxylation sites is 1. The molecule has 2 aromatic rings. The van der Waals surface area contributed by atoms with Crippen molar-refractivity contribution in [3.05, 3.63) is 35.9 Å². The Hall–Kier alpha value is -1.61. The highest BCUT2D eigenvalue weighted by atomic mass is 16.3. The van der Waals surface area contributed by atoms with Crippen molar-refractivity contribution < 1.29 is 5.11 Å². The number of hydrogen-bond acceptors (Lipinski definition) is 3. The van der Waals surface area contributed by atoms with E-state index in [1.165, 1.54) is 0 Å². The average Bonchev–Trinajstić information content (AvgIpc) is 2.35. The molecular weight excluding hydrogens is 212 g/mol. The van der Waals surface area contributed by atoms with Crippen molar-refractivity contribution in [1.29, 1.82) is 0 Å². The number of aliphatic hydroxyl groups excluding tert-OH is 1. The quantitative estimate of drug-likeness (QED) is 0.876. The molecule has 0 aliphatic rings. The summed E-state index contributed by atoms with van der Waals surface area (Å²) in [6, 6.07) is 10.3. The van der Waals surface area contributed by atoms with Crippen molar-refractivity contribution >= 4 is 16.7 Å². The lowest BCUT2D eigenvalue weighted by Crippen LogP contribution is -2.27. The van der Waals surface area contributed by atoms with Crippen molar-refractivity contribution in [2.24, 2.45) is 0 Å². The molecule has 3 heteroatoms. The minimum atomic E-state index is 0.155.